The molecule has 5 nitrogen and oxygen atoms in total. The highest BCUT2D eigenvalue weighted by Gasteiger charge is 2.46. The van der Waals surface area contributed by atoms with Gasteiger partial charge in [0.25, 0.3) is 11.7 Å². The van der Waals surface area contributed by atoms with Gasteiger partial charge in [0.2, 0.25) is 0 Å². The molecule has 3 aromatic rings. The van der Waals surface area contributed by atoms with Crippen LogP contribution in [0.4, 0.5) is 0 Å². The van der Waals surface area contributed by atoms with E-state index in [4.69, 9.17) is 11.6 Å². The molecule has 0 unspecified atom stereocenters. The fraction of sp³-hybridized carbons (Fsp3) is 0.0870. The Balaban J connectivity index is 1.87. The number of Topliss-reactive ketones (excluding diaryl/α,β-unsaturated/α-hetero) is 1. The zero-order chi connectivity index (χ0) is 21.3. The van der Waals surface area contributed by atoms with Gasteiger partial charge in [-0.2, -0.15) is 0 Å². The van der Waals surface area contributed by atoms with Gasteiger partial charge in [-0.15, -0.1) is 0 Å². The van der Waals surface area contributed by atoms with E-state index >= 15 is 0 Å². The van der Waals surface area contributed by atoms with Crippen molar-refractivity contribution in [2.24, 2.45) is 0 Å². The third-order valence-corrected chi connectivity index (χ3v) is 5.64. The summed E-state index contributed by atoms with van der Waals surface area (Å²) in [6.07, 6.45) is 3.29. The monoisotopic (exact) mass is 482 g/mol. The number of hydrogen-bond donors (Lipinski definition) is 1. The Hall–Kier alpha value is -2.96. The maximum atomic E-state index is 13.0. The first-order valence-electron chi connectivity index (χ1n) is 9.14. The number of likely N-dealkylation sites (tertiary alicyclic amines) is 1. The van der Waals surface area contributed by atoms with Crippen molar-refractivity contribution in [1.82, 2.24) is 9.88 Å². The number of halogens is 2. The Bertz CT molecular complexity index is 1150. The smallest absolute Gasteiger partial charge is 0.295 e. The maximum Gasteiger partial charge on any atom is 0.295 e. The first kappa shape index (κ1) is 20.3. The molecule has 7 heteroatoms. The van der Waals surface area contributed by atoms with Crippen molar-refractivity contribution in [3.05, 3.63) is 105 Å². The predicted molar refractivity (Wildman–Crippen MR) is 118 cm³/mol. The minimum atomic E-state index is -0.738. The molecule has 1 aliphatic rings. The Morgan fingerprint density at radius 1 is 1.10 bits per heavy atom. The highest BCUT2D eigenvalue weighted by molar-refractivity contribution is 9.10. The van der Waals surface area contributed by atoms with Crippen molar-refractivity contribution in [3.63, 3.8) is 0 Å². The lowest BCUT2D eigenvalue weighted by Gasteiger charge is -2.25. The first-order valence-corrected chi connectivity index (χ1v) is 10.3. The third kappa shape index (κ3) is 3.88. The Kier molecular flexibility index (Phi) is 5.70. The van der Waals surface area contributed by atoms with Gasteiger partial charge >= 0.3 is 0 Å². The van der Waals surface area contributed by atoms with Crippen LogP contribution in [0.3, 0.4) is 0 Å². The van der Waals surface area contributed by atoms with Crippen LogP contribution in [0.1, 0.15) is 22.7 Å². The van der Waals surface area contributed by atoms with E-state index in [-0.39, 0.29) is 17.9 Å². The second kappa shape index (κ2) is 8.42. The molecule has 0 radical (unpaired) electrons. The highest BCUT2D eigenvalue weighted by atomic mass is 79.9. The highest BCUT2D eigenvalue weighted by Crippen LogP contribution is 2.40. The van der Waals surface area contributed by atoms with E-state index in [2.05, 4.69) is 20.9 Å². The molecule has 4 rings (SSSR count). The lowest BCUT2D eigenvalue weighted by atomic mass is 9.95. The average molecular weight is 484 g/mol. The SMILES string of the molecule is O=C1C(=O)N(Cc2cccnc2)[C@H](c2cccc(Br)c2)/C1=C(\O)c1ccc(Cl)cc1. The van der Waals surface area contributed by atoms with Crippen molar-refractivity contribution in [3.8, 4) is 0 Å². The van der Waals surface area contributed by atoms with E-state index in [1.165, 1.54) is 4.90 Å². The molecule has 0 aliphatic carbocycles. The molecule has 30 heavy (non-hydrogen) atoms. The molecule has 1 amide bonds. The fourth-order valence-electron chi connectivity index (χ4n) is 3.52. The summed E-state index contributed by atoms with van der Waals surface area (Å²) in [7, 11) is 0. The number of aliphatic hydroxyl groups excluding tert-OH is 1. The number of carbonyl (C=O) groups excluding carboxylic acids is 2. The van der Waals surface area contributed by atoms with Gasteiger partial charge in [0.15, 0.2) is 0 Å². The van der Waals surface area contributed by atoms with E-state index in [0.717, 1.165) is 10.0 Å². The second-order valence-electron chi connectivity index (χ2n) is 6.85. The molecule has 1 fully saturated rings. The van der Waals surface area contributed by atoms with Crippen molar-refractivity contribution < 1.29 is 14.7 Å². The minimum Gasteiger partial charge on any atom is -0.507 e. The maximum absolute atomic E-state index is 13.0. The number of carbonyl (C=O) groups is 2. The Labute approximate surface area is 186 Å². The number of aliphatic hydroxyl groups is 1. The fourth-order valence-corrected chi connectivity index (χ4v) is 4.06. The van der Waals surface area contributed by atoms with Gasteiger partial charge in [-0.3, -0.25) is 14.6 Å². The molecule has 1 atom stereocenters. The average Bonchev–Trinajstić information content (AvgIpc) is 2.99. The van der Waals surface area contributed by atoms with Gasteiger partial charge in [-0.1, -0.05) is 45.7 Å². The van der Waals surface area contributed by atoms with Gasteiger partial charge in [0.05, 0.1) is 11.6 Å². The molecule has 1 N–H and O–H groups in total. The van der Waals surface area contributed by atoms with E-state index < -0.39 is 17.7 Å². The van der Waals surface area contributed by atoms with Crippen LogP contribution in [0.25, 0.3) is 5.76 Å². The number of benzene rings is 2. The molecule has 2 heterocycles. The molecule has 2 aromatic carbocycles. The molecule has 1 saturated heterocycles. The van der Waals surface area contributed by atoms with Crippen LogP contribution in [-0.2, 0) is 16.1 Å². The largest absolute Gasteiger partial charge is 0.507 e. The number of pyridine rings is 1. The number of aromatic nitrogens is 1. The van der Waals surface area contributed by atoms with E-state index in [1.807, 2.05) is 30.3 Å². The summed E-state index contributed by atoms with van der Waals surface area (Å²) in [4.78, 5) is 31.5. The summed E-state index contributed by atoms with van der Waals surface area (Å²) >= 11 is 9.39. The number of hydrogen-bond acceptors (Lipinski definition) is 4. The molecule has 0 bridgehead atoms. The number of rotatable bonds is 4. The van der Waals surface area contributed by atoms with Gasteiger partial charge < -0.3 is 10.0 Å². The number of nitrogens with zero attached hydrogens (tertiary/aromatic N) is 2. The number of amides is 1. The van der Waals surface area contributed by atoms with Crippen LogP contribution in [0.5, 0.6) is 0 Å². The summed E-state index contributed by atoms with van der Waals surface area (Å²) in [6.45, 7) is 0.187. The summed E-state index contributed by atoms with van der Waals surface area (Å²) in [5, 5.41) is 11.5. The van der Waals surface area contributed by atoms with Gasteiger partial charge in [-0.05, 0) is 53.6 Å². The van der Waals surface area contributed by atoms with Crippen LogP contribution >= 0.6 is 27.5 Å². The molecule has 0 saturated carbocycles. The second-order valence-corrected chi connectivity index (χ2v) is 8.20. The molecule has 0 spiro atoms. The Morgan fingerprint density at radius 3 is 2.53 bits per heavy atom. The molecule has 150 valence electrons. The zero-order valence-electron chi connectivity index (χ0n) is 15.6. The predicted octanol–water partition coefficient (Wildman–Crippen LogP) is 5.12. The minimum absolute atomic E-state index is 0.0457. The molecule has 1 aliphatic heterocycles. The van der Waals surface area contributed by atoms with E-state index in [1.54, 1.807) is 42.7 Å². The topological polar surface area (TPSA) is 70.5 Å². The molecule has 1 aromatic heterocycles. The third-order valence-electron chi connectivity index (χ3n) is 4.90. The summed E-state index contributed by atoms with van der Waals surface area (Å²) in [5.41, 5.74) is 1.96. The summed E-state index contributed by atoms with van der Waals surface area (Å²) in [5.74, 6) is -1.63. The molecular formula is C23H16BrClN2O3. The van der Waals surface area contributed by atoms with Crippen LogP contribution in [-0.4, -0.2) is 26.7 Å². The van der Waals surface area contributed by atoms with Crippen LogP contribution in [0.2, 0.25) is 5.02 Å². The quantitative estimate of drug-likeness (QED) is 0.318. The van der Waals surface area contributed by atoms with Gasteiger partial charge in [0, 0.05) is 34.0 Å². The first-order chi connectivity index (χ1) is 14.5. The van der Waals surface area contributed by atoms with Crippen molar-refractivity contribution in [2.75, 3.05) is 0 Å². The van der Waals surface area contributed by atoms with E-state index in [9.17, 15) is 14.7 Å². The number of ketones is 1. The van der Waals surface area contributed by atoms with Gasteiger partial charge in [0.1, 0.15) is 5.76 Å². The molecular weight excluding hydrogens is 468 g/mol. The Morgan fingerprint density at radius 2 is 1.87 bits per heavy atom. The van der Waals surface area contributed by atoms with Crippen molar-refractivity contribution in [1.29, 1.82) is 0 Å². The van der Waals surface area contributed by atoms with E-state index in [0.29, 0.717) is 16.1 Å². The van der Waals surface area contributed by atoms with Gasteiger partial charge in [-0.25, -0.2) is 0 Å². The van der Waals surface area contributed by atoms with Crippen molar-refractivity contribution in [2.45, 2.75) is 12.6 Å². The lowest BCUT2D eigenvalue weighted by molar-refractivity contribution is -0.140. The normalized spacial score (nSPS) is 18.1. The van der Waals surface area contributed by atoms with Crippen LogP contribution < -0.4 is 0 Å². The summed E-state index contributed by atoms with van der Waals surface area (Å²) in [6, 6.07) is 16.7. The van der Waals surface area contributed by atoms with Crippen LogP contribution in [0.15, 0.2) is 83.1 Å². The standard InChI is InChI=1S/C23H16BrClN2O3/c24-17-5-1-4-16(11-17)20-19(21(28)15-6-8-18(25)9-7-15)22(29)23(30)27(20)13-14-3-2-10-26-12-14/h1-12,20,28H,13H2/b21-19+/t20-/m1/s1. The lowest BCUT2D eigenvalue weighted by Crippen LogP contribution is -2.29. The zero-order valence-corrected chi connectivity index (χ0v) is 18.0. The van der Waals surface area contributed by atoms with Crippen LogP contribution in [0, 0.1) is 0 Å². The van der Waals surface area contributed by atoms with Crippen molar-refractivity contribution >= 4 is 45.0 Å². The summed E-state index contributed by atoms with van der Waals surface area (Å²) < 4.78 is 0.804.